The standard InChI is InChI=1S/C16H18FN/c1-3-18-11-13-5-4-6-14(10-13)16-8-7-15(17)9-12(16)2/h4-10,18H,3,11H2,1-2H3. The summed E-state index contributed by atoms with van der Waals surface area (Å²) in [6.45, 7) is 5.85. The first-order chi connectivity index (χ1) is 8.70. The van der Waals surface area contributed by atoms with Crippen LogP contribution in [0.1, 0.15) is 18.1 Å². The first-order valence-electron chi connectivity index (χ1n) is 6.27. The van der Waals surface area contributed by atoms with Crippen molar-refractivity contribution in [2.45, 2.75) is 20.4 Å². The van der Waals surface area contributed by atoms with Crippen LogP contribution in [0.15, 0.2) is 42.5 Å². The molecule has 0 saturated carbocycles. The molecule has 0 aliphatic rings. The molecule has 0 atom stereocenters. The summed E-state index contributed by atoms with van der Waals surface area (Å²) in [7, 11) is 0. The van der Waals surface area contributed by atoms with Crippen LogP contribution in [-0.4, -0.2) is 6.54 Å². The molecule has 0 radical (unpaired) electrons. The van der Waals surface area contributed by atoms with Crippen LogP contribution in [0.4, 0.5) is 4.39 Å². The number of nitrogens with one attached hydrogen (secondary N) is 1. The highest BCUT2D eigenvalue weighted by Gasteiger charge is 2.03. The lowest BCUT2D eigenvalue weighted by molar-refractivity contribution is 0.627. The lowest BCUT2D eigenvalue weighted by Gasteiger charge is -2.09. The Kier molecular flexibility index (Phi) is 4.11. The average molecular weight is 243 g/mol. The number of hydrogen-bond donors (Lipinski definition) is 1. The van der Waals surface area contributed by atoms with Gasteiger partial charge in [-0.3, -0.25) is 0 Å². The fraction of sp³-hybridized carbons (Fsp3) is 0.250. The number of halogens is 1. The highest BCUT2D eigenvalue weighted by atomic mass is 19.1. The van der Waals surface area contributed by atoms with E-state index in [1.165, 1.54) is 11.6 Å². The zero-order valence-electron chi connectivity index (χ0n) is 10.8. The van der Waals surface area contributed by atoms with Gasteiger partial charge in [0.25, 0.3) is 0 Å². The van der Waals surface area contributed by atoms with Gasteiger partial charge in [0, 0.05) is 6.54 Å². The molecule has 0 fully saturated rings. The smallest absolute Gasteiger partial charge is 0.123 e. The van der Waals surface area contributed by atoms with Crippen LogP contribution in [0.3, 0.4) is 0 Å². The largest absolute Gasteiger partial charge is 0.313 e. The molecule has 0 amide bonds. The maximum atomic E-state index is 13.1. The molecule has 2 aromatic carbocycles. The number of aryl methyl sites for hydroxylation is 1. The van der Waals surface area contributed by atoms with Crippen LogP contribution in [-0.2, 0) is 6.54 Å². The van der Waals surface area contributed by atoms with Crippen molar-refractivity contribution in [2.24, 2.45) is 0 Å². The van der Waals surface area contributed by atoms with Gasteiger partial charge in [0.15, 0.2) is 0 Å². The molecular weight excluding hydrogens is 225 g/mol. The van der Waals surface area contributed by atoms with E-state index in [1.54, 1.807) is 6.07 Å². The Balaban J connectivity index is 2.32. The van der Waals surface area contributed by atoms with E-state index in [0.29, 0.717) is 0 Å². The Morgan fingerprint density at radius 1 is 1.11 bits per heavy atom. The van der Waals surface area contributed by atoms with Gasteiger partial charge in [0.2, 0.25) is 0 Å². The van der Waals surface area contributed by atoms with Crippen LogP contribution in [0.25, 0.3) is 11.1 Å². The van der Waals surface area contributed by atoms with Gasteiger partial charge in [-0.05, 0) is 53.9 Å². The highest BCUT2D eigenvalue weighted by molar-refractivity contribution is 5.67. The maximum absolute atomic E-state index is 13.1. The minimum Gasteiger partial charge on any atom is -0.313 e. The van der Waals surface area contributed by atoms with Gasteiger partial charge < -0.3 is 5.32 Å². The van der Waals surface area contributed by atoms with Crippen LogP contribution in [0, 0.1) is 12.7 Å². The predicted octanol–water partition coefficient (Wildman–Crippen LogP) is 3.91. The summed E-state index contributed by atoms with van der Waals surface area (Å²) in [6.07, 6.45) is 0. The summed E-state index contributed by atoms with van der Waals surface area (Å²) in [6, 6.07) is 13.3. The second-order valence-electron chi connectivity index (χ2n) is 4.44. The van der Waals surface area contributed by atoms with Gasteiger partial charge in [-0.15, -0.1) is 0 Å². The monoisotopic (exact) mass is 243 g/mol. The van der Waals surface area contributed by atoms with Gasteiger partial charge in [-0.2, -0.15) is 0 Å². The zero-order chi connectivity index (χ0) is 13.0. The summed E-state index contributed by atoms with van der Waals surface area (Å²) in [4.78, 5) is 0. The molecule has 0 saturated heterocycles. The zero-order valence-corrected chi connectivity index (χ0v) is 10.8. The molecule has 0 bridgehead atoms. The van der Waals surface area contributed by atoms with E-state index in [0.717, 1.165) is 29.8 Å². The molecule has 0 aliphatic carbocycles. The maximum Gasteiger partial charge on any atom is 0.123 e. The average Bonchev–Trinajstić information content (AvgIpc) is 2.36. The van der Waals surface area contributed by atoms with Crippen LogP contribution in [0.5, 0.6) is 0 Å². The van der Waals surface area contributed by atoms with Crippen molar-refractivity contribution in [3.8, 4) is 11.1 Å². The van der Waals surface area contributed by atoms with E-state index in [2.05, 4.69) is 30.4 Å². The van der Waals surface area contributed by atoms with Crippen molar-refractivity contribution in [3.05, 3.63) is 59.4 Å². The van der Waals surface area contributed by atoms with Crippen molar-refractivity contribution >= 4 is 0 Å². The molecule has 1 N–H and O–H groups in total. The third-order valence-corrected chi connectivity index (χ3v) is 3.01. The normalized spacial score (nSPS) is 10.6. The van der Waals surface area contributed by atoms with Crippen molar-refractivity contribution in [2.75, 3.05) is 6.54 Å². The molecule has 2 heteroatoms. The van der Waals surface area contributed by atoms with E-state index in [1.807, 2.05) is 19.1 Å². The Hall–Kier alpha value is -1.67. The number of benzene rings is 2. The van der Waals surface area contributed by atoms with Gasteiger partial charge in [-0.25, -0.2) is 4.39 Å². The van der Waals surface area contributed by atoms with Gasteiger partial charge >= 0.3 is 0 Å². The summed E-state index contributed by atoms with van der Waals surface area (Å²) >= 11 is 0. The fourth-order valence-corrected chi connectivity index (χ4v) is 2.07. The second-order valence-corrected chi connectivity index (χ2v) is 4.44. The van der Waals surface area contributed by atoms with Crippen LogP contribution >= 0.6 is 0 Å². The summed E-state index contributed by atoms with van der Waals surface area (Å²) in [5.74, 6) is -0.181. The van der Waals surface area contributed by atoms with Gasteiger partial charge in [-0.1, -0.05) is 31.2 Å². The minimum atomic E-state index is -0.181. The molecule has 1 nitrogen and oxygen atoms in total. The van der Waals surface area contributed by atoms with Crippen molar-refractivity contribution in [1.82, 2.24) is 5.32 Å². The lowest BCUT2D eigenvalue weighted by Crippen LogP contribution is -2.11. The van der Waals surface area contributed by atoms with E-state index < -0.39 is 0 Å². The molecule has 0 spiro atoms. The molecule has 0 aliphatic heterocycles. The number of rotatable bonds is 4. The molecule has 0 aromatic heterocycles. The van der Waals surface area contributed by atoms with E-state index >= 15 is 0 Å². The van der Waals surface area contributed by atoms with Crippen molar-refractivity contribution < 1.29 is 4.39 Å². The Labute approximate surface area is 108 Å². The topological polar surface area (TPSA) is 12.0 Å². The van der Waals surface area contributed by atoms with E-state index in [9.17, 15) is 4.39 Å². The molecule has 94 valence electrons. The highest BCUT2D eigenvalue weighted by Crippen LogP contribution is 2.24. The quantitative estimate of drug-likeness (QED) is 0.858. The molecule has 2 aromatic rings. The Morgan fingerprint density at radius 2 is 1.94 bits per heavy atom. The van der Waals surface area contributed by atoms with E-state index in [-0.39, 0.29) is 5.82 Å². The molecule has 2 rings (SSSR count). The van der Waals surface area contributed by atoms with E-state index in [4.69, 9.17) is 0 Å². The Morgan fingerprint density at radius 3 is 2.67 bits per heavy atom. The SMILES string of the molecule is CCNCc1cccc(-c2ccc(F)cc2C)c1. The first-order valence-corrected chi connectivity index (χ1v) is 6.27. The second kappa shape index (κ2) is 5.78. The summed E-state index contributed by atoms with van der Waals surface area (Å²) < 4.78 is 13.1. The van der Waals surface area contributed by atoms with Crippen molar-refractivity contribution in [1.29, 1.82) is 0 Å². The van der Waals surface area contributed by atoms with Crippen LogP contribution < -0.4 is 5.32 Å². The number of hydrogen-bond acceptors (Lipinski definition) is 1. The molecule has 18 heavy (non-hydrogen) atoms. The molecule has 0 unspecified atom stereocenters. The third-order valence-electron chi connectivity index (χ3n) is 3.01. The molecule has 0 heterocycles. The van der Waals surface area contributed by atoms with Crippen LogP contribution in [0.2, 0.25) is 0 Å². The Bertz CT molecular complexity index is 534. The third kappa shape index (κ3) is 2.96. The van der Waals surface area contributed by atoms with Crippen molar-refractivity contribution in [3.63, 3.8) is 0 Å². The lowest BCUT2D eigenvalue weighted by atomic mass is 9.99. The first kappa shape index (κ1) is 12.8. The summed E-state index contributed by atoms with van der Waals surface area (Å²) in [5, 5.41) is 3.31. The molecular formula is C16H18FN. The van der Waals surface area contributed by atoms with Gasteiger partial charge in [0.05, 0.1) is 0 Å². The minimum absolute atomic E-state index is 0.181. The predicted molar refractivity (Wildman–Crippen MR) is 74.0 cm³/mol. The summed E-state index contributed by atoms with van der Waals surface area (Å²) in [5.41, 5.74) is 4.45. The van der Waals surface area contributed by atoms with Gasteiger partial charge in [0.1, 0.15) is 5.82 Å². The fourth-order valence-electron chi connectivity index (χ4n) is 2.07.